The van der Waals surface area contributed by atoms with Crippen molar-refractivity contribution in [3.63, 3.8) is 0 Å². The van der Waals surface area contributed by atoms with E-state index in [0.717, 1.165) is 65.2 Å². The lowest BCUT2D eigenvalue weighted by atomic mass is 10.3. The molecule has 0 aliphatic carbocycles. The van der Waals surface area contributed by atoms with Gasteiger partial charge in [-0.1, -0.05) is 19.4 Å². The number of rotatable bonds is 9. The van der Waals surface area contributed by atoms with Crippen molar-refractivity contribution in [3.05, 3.63) is 22.4 Å². The molecule has 5 nitrogen and oxygen atoms in total. The molecule has 1 aromatic heterocycles. The molecule has 1 aliphatic heterocycles. The van der Waals surface area contributed by atoms with E-state index in [1.807, 2.05) is 4.90 Å². The number of hydrogen-bond acceptors (Lipinski definition) is 4. The fourth-order valence-electron chi connectivity index (χ4n) is 2.56. The first-order valence-corrected chi connectivity index (χ1v) is 9.53. The van der Waals surface area contributed by atoms with Gasteiger partial charge in [0.15, 0.2) is 0 Å². The Kier molecular flexibility index (Phi) is 8.42. The highest BCUT2D eigenvalue weighted by atomic mass is 32.1. The number of urea groups is 1. The van der Waals surface area contributed by atoms with E-state index in [9.17, 15) is 4.79 Å². The third-order valence-corrected chi connectivity index (χ3v) is 4.86. The fourth-order valence-corrected chi connectivity index (χ4v) is 3.31. The molecule has 130 valence electrons. The summed E-state index contributed by atoms with van der Waals surface area (Å²) in [5.41, 5.74) is 0. The first kappa shape index (κ1) is 18.2. The maximum atomic E-state index is 12.1. The minimum absolute atomic E-state index is 0.0642. The van der Waals surface area contributed by atoms with E-state index in [1.54, 1.807) is 11.3 Å². The molecule has 0 bridgehead atoms. The summed E-state index contributed by atoms with van der Waals surface area (Å²) >= 11 is 1.80. The maximum Gasteiger partial charge on any atom is 0.317 e. The molecule has 0 unspecified atom stereocenters. The van der Waals surface area contributed by atoms with Crippen LogP contribution in [0, 0.1) is 0 Å². The Morgan fingerprint density at radius 3 is 2.74 bits per heavy atom. The van der Waals surface area contributed by atoms with Crippen molar-refractivity contribution < 1.29 is 9.53 Å². The first-order valence-electron chi connectivity index (χ1n) is 8.65. The van der Waals surface area contributed by atoms with Gasteiger partial charge in [0.1, 0.15) is 0 Å². The normalized spacial score (nSPS) is 15.8. The molecule has 6 heteroatoms. The van der Waals surface area contributed by atoms with Gasteiger partial charge in [-0.2, -0.15) is 0 Å². The second-order valence-electron chi connectivity index (χ2n) is 5.89. The molecule has 0 aromatic carbocycles. The number of nitrogens with zero attached hydrogens (tertiary/aromatic N) is 2. The fraction of sp³-hybridized carbons (Fsp3) is 0.706. The Labute approximate surface area is 143 Å². The SMILES string of the molecule is CCCCOCCCNC(=O)N1CCN(Cc2cccs2)CC1. The van der Waals surface area contributed by atoms with Crippen LogP contribution in [0.25, 0.3) is 0 Å². The number of hydrogen-bond donors (Lipinski definition) is 1. The van der Waals surface area contributed by atoms with Gasteiger partial charge in [-0.05, 0) is 24.3 Å². The van der Waals surface area contributed by atoms with Crippen LogP contribution >= 0.6 is 11.3 Å². The minimum atomic E-state index is 0.0642. The van der Waals surface area contributed by atoms with Gasteiger partial charge in [-0.25, -0.2) is 4.79 Å². The molecule has 2 amide bonds. The van der Waals surface area contributed by atoms with Crippen LogP contribution in [-0.2, 0) is 11.3 Å². The highest BCUT2D eigenvalue weighted by molar-refractivity contribution is 7.09. The summed E-state index contributed by atoms with van der Waals surface area (Å²) < 4.78 is 5.49. The van der Waals surface area contributed by atoms with Crippen molar-refractivity contribution >= 4 is 17.4 Å². The van der Waals surface area contributed by atoms with Gasteiger partial charge < -0.3 is 15.0 Å². The summed E-state index contributed by atoms with van der Waals surface area (Å²) in [4.78, 5) is 17.8. The largest absolute Gasteiger partial charge is 0.381 e. The van der Waals surface area contributed by atoms with E-state index in [-0.39, 0.29) is 6.03 Å². The Morgan fingerprint density at radius 1 is 1.26 bits per heavy atom. The molecule has 1 saturated heterocycles. The number of ether oxygens (including phenoxy) is 1. The summed E-state index contributed by atoms with van der Waals surface area (Å²) in [6.45, 7) is 8.93. The lowest BCUT2D eigenvalue weighted by Gasteiger charge is -2.34. The van der Waals surface area contributed by atoms with Gasteiger partial charge in [0.25, 0.3) is 0 Å². The Hall–Kier alpha value is -1.11. The van der Waals surface area contributed by atoms with Crippen LogP contribution in [0.5, 0.6) is 0 Å². The first-order chi connectivity index (χ1) is 11.3. The van der Waals surface area contributed by atoms with Crippen molar-refractivity contribution in [3.8, 4) is 0 Å². The van der Waals surface area contributed by atoms with Gasteiger partial charge in [-0.3, -0.25) is 4.90 Å². The number of carbonyl (C=O) groups is 1. The monoisotopic (exact) mass is 339 g/mol. The molecule has 1 aliphatic rings. The molecular weight excluding hydrogens is 310 g/mol. The average molecular weight is 340 g/mol. The zero-order valence-electron chi connectivity index (χ0n) is 14.1. The van der Waals surface area contributed by atoms with Crippen LogP contribution in [0.3, 0.4) is 0 Å². The third-order valence-electron chi connectivity index (χ3n) is 4.00. The van der Waals surface area contributed by atoms with Crippen molar-refractivity contribution in [1.82, 2.24) is 15.1 Å². The van der Waals surface area contributed by atoms with Crippen LogP contribution in [0.4, 0.5) is 4.79 Å². The van der Waals surface area contributed by atoms with Gasteiger partial charge in [-0.15, -0.1) is 11.3 Å². The lowest BCUT2D eigenvalue weighted by molar-refractivity contribution is 0.124. The van der Waals surface area contributed by atoms with E-state index in [1.165, 1.54) is 4.88 Å². The van der Waals surface area contributed by atoms with Gasteiger partial charge in [0.2, 0.25) is 0 Å². The topological polar surface area (TPSA) is 44.8 Å². The van der Waals surface area contributed by atoms with E-state index >= 15 is 0 Å². The van der Waals surface area contributed by atoms with Crippen LogP contribution in [-0.4, -0.2) is 61.8 Å². The zero-order valence-corrected chi connectivity index (χ0v) is 14.9. The standard InChI is InChI=1S/C17H29N3O2S/c1-2-3-12-22-13-5-7-18-17(21)20-10-8-19(9-11-20)15-16-6-4-14-23-16/h4,6,14H,2-3,5,7-13,15H2,1H3,(H,18,21). The molecule has 0 saturated carbocycles. The number of unbranched alkanes of at least 4 members (excludes halogenated alkanes) is 1. The Morgan fingerprint density at radius 2 is 2.04 bits per heavy atom. The van der Waals surface area contributed by atoms with Crippen LogP contribution < -0.4 is 5.32 Å². The molecule has 0 atom stereocenters. The second kappa shape index (κ2) is 10.6. The maximum absolute atomic E-state index is 12.1. The van der Waals surface area contributed by atoms with Crippen LogP contribution in [0.1, 0.15) is 31.1 Å². The zero-order chi connectivity index (χ0) is 16.3. The molecule has 1 fully saturated rings. The highest BCUT2D eigenvalue weighted by Crippen LogP contribution is 2.13. The minimum Gasteiger partial charge on any atom is -0.381 e. The molecule has 2 rings (SSSR count). The molecule has 0 spiro atoms. The van der Waals surface area contributed by atoms with Crippen molar-refractivity contribution in [1.29, 1.82) is 0 Å². The number of carbonyl (C=O) groups excluding carboxylic acids is 1. The van der Waals surface area contributed by atoms with Gasteiger partial charge >= 0.3 is 6.03 Å². The summed E-state index contributed by atoms with van der Waals surface area (Å²) in [5, 5.41) is 5.11. The molecular formula is C17H29N3O2S. The Bertz CT molecular complexity index is 431. The number of nitrogens with one attached hydrogen (secondary N) is 1. The van der Waals surface area contributed by atoms with E-state index in [2.05, 4.69) is 34.7 Å². The predicted octanol–water partition coefficient (Wildman–Crippen LogP) is 2.78. The Balaban J connectivity index is 1.53. The molecule has 1 aromatic rings. The van der Waals surface area contributed by atoms with E-state index < -0.39 is 0 Å². The second-order valence-corrected chi connectivity index (χ2v) is 6.93. The summed E-state index contributed by atoms with van der Waals surface area (Å²) in [6.07, 6.45) is 3.16. The van der Waals surface area contributed by atoms with E-state index in [4.69, 9.17) is 4.74 Å². The molecule has 0 radical (unpaired) electrons. The van der Waals surface area contributed by atoms with Gasteiger partial charge in [0, 0.05) is 57.4 Å². The summed E-state index contributed by atoms with van der Waals surface area (Å²) in [5.74, 6) is 0. The smallest absolute Gasteiger partial charge is 0.317 e. The van der Waals surface area contributed by atoms with Crippen LogP contribution in [0.2, 0.25) is 0 Å². The number of thiophene rings is 1. The number of piperazine rings is 1. The van der Waals surface area contributed by atoms with Crippen LogP contribution in [0.15, 0.2) is 17.5 Å². The quantitative estimate of drug-likeness (QED) is 0.704. The average Bonchev–Trinajstić information content (AvgIpc) is 3.07. The van der Waals surface area contributed by atoms with Gasteiger partial charge in [0.05, 0.1) is 0 Å². The predicted molar refractivity (Wildman–Crippen MR) is 94.9 cm³/mol. The summed E-state index contributed by atoms with van der Waals surface area (Å²) in [7, 11) is 0. The van der Waals surface area contributed by atoms with Crippen molar-refractivity contribution in [2.45, 2.75) is 32.7 Å². The third kappa shape index (κ3) is 6.89. The van der Waals surface area contributed by atoms with Crippen molar-refractivity contribution in [2.75, 3.05) is 45.9 Å². The molecule has 1 N–H and O–H groups in total. The molecule has 2 heterocycles. The summed E-state index contributed by atoms with van der Waals surface area (Å²) in [6, 6.07) is 4.33. The number of amides is 2. The highest BCUT2D eigenvalue weighted by Gasteiger charge is 2.20. The lowest BCUT2D eigenvalue weighted by Crippen LogP contribution is -2.51. The van der Waals surface area contributed by atoms with Crippen molar-refractivity contribution in [2.24, 2.45) is 0 Å². The van der Waals surface area contributed by atoms with E-state index in [0.29, 0.717) is 6.54 Å². The molecule has 23 heavy (non-hydrogen) atoms.